The molecule has 1 atom stereocenters. The summed E-state index contributed by atoms with van der Waals surface area (Å²) in [5, 5.41) is 0. The molecule has 0 amide bonds. The molecule has 0 saturated carbocycles. The largest absolute Gasteiger partial charge is 0.347 e. The number of anilines is 1. The molecule has 0 unspecified atom stereocenters. The van der Waals surface area contributed by atoms with E-state index >= 15 is 0 Å². The number of hydrogen-bond donors (Lipinski definition) is 0. The maximum atomic E-state index is 4.41. The lowest BCUT2D eigenvalue weighted by molar-refractivity contribution is 0.0903. The van der Waals surface area contributed by atoms with Gasteiger partial charge in [-0.05, 0) is 12.6 Å². The Kier molecular flexibility index (Phi) is 4.88. The van der Waals surface area contributed by atoms with Crippen LogP contribution >= 0.6 is 0 Å². The summed E-state index contributed by atoms with van der Waals surface area (Å²) in [6.07, 6.45) is 3.89. The summed E-state index contributed by atoms with van der Waals surface area (Å²) in [6.45, 7) is 4.10. The molecule has 1 saturated heterocycles. The summed E-state index contributed by atoms with van der Waals surface area (Å²) < 4.78 is 0. The Morgan fingerprint density at radius 2 is 1.78 bits per heavy atom. The molecule has 122 valence electrons. The van der Waals surface area contributed by atoms with Gasteiger partial charge in [-0.2, -0.15) is 0 Å². The lowest BCUT2D eigenvalue weighted by atomic mass is 10.0. The summed E-state index contributed by atoms with van der Waals surface area (Å²) in [5.74, 6) is 0.759. The first-order valence-electron chi connectivity index (χ1n) is 8.09. The minimum absolute atomic E-state index is 0.451. The van der Waals surface area contributed by atoms with Crippen LogP contribution in [-0.4, -0.2) is 60.5 Å². The molecule has 1 aromatic carbocycles. The molecule has 0 N–H and O–H groups in total. The van der Waals surface area contributed by atoms with Crippen LogP contribution in [0.4, 0.5) is 5.95 Å². The van der Waals surface area contributed by atoms with Crippen molar-refractivity contribution in [3.05, 3.63) is 53.9 Å². The summed E-state index contributed by atoms with van der Waals surface area (Å²) in [5.41, 5.74) is 2.56. The van der Waals surface area contributed by atoms with E-state index in [9.17, 15) is 0 Å². The molecule has 5 nitrogen and oxygen atoms in total. The second-order valence-electron chi connectivity index (χ2n) is 6.43. The number of likely N-dealkylation sites (N-methyl/N-ethyl adjacent to an activating group) is 1. The SMILES string of the molecule is CN(C)c1ncc(CN2CCN(C)[C@H](c3ccccc3)C2)cn1. The van der Waals surface area contributed by atoms with E-state index in [2.05, 4.69) is 57.1 Å². The van der Waals surface area contributed by atoms with E-state index in [4.69, 9.17) is 0 Å². The highest BCUT2D eigenvalue weighted by atomic mass is 15.3. The van der Waals surface area contributed by atoms with Crippen molar-refractivity contribution in [2.75, 3.05) is 45.7 Å². The van der Waals surface area contributed by atoms with Crippen LogP contribution in [0.15, 0.2) is 42.7 Å². The van der Waals surface area contributed by atoms with Crippen molar-refractivity contribution < 1.29 is 0 Å². The predicted molar refractivity (Wildman–Crippen MR) is 93.4 cm³/mol. The second kappa shape index (κ2) is 7.06. The summed E-state index contributed by atoms with van der Waals surface area (Å²) in [6, 6.07) is 11.2. The zero-order valence-corrected chi connectivity index (χ0v) is 14.2. The molecule has 5 heteroatoms. The minimum atomic E-state index is 0.451. The number of benzene rings is 1. The third-order valence-corrected chi connectivity index (χ3v) is 4.41. The molecule has 23 heavy (non-hydrogen) atoms. The van der Waals surface area contributed by atoms with Crippen molar-refractivity contribution >= 4 is 5.95 Å². The molecule has 1 aliphatic rings. The Labute approximate surface area is 138 Å². The maximum Gasteiger partial charge on any atom is 0.224 e. The average molecular weight is 311 g/mol. The monoisotopic (exact) mass is 311 g/mol. The molecule has 1 fully saturated rings. The van der Waals surface area contributed by atoms with Gasteiger partial charge >= 0.3 is 0 Å². The van der Waals surface area contributed by atoms with Crippen LogP contribution in [0.1, 0.15) is 17.2 Å². The van der Waals surface area contributed by atoms with Crippen LogP contribution in [0, 0.1) is 0 Å². The molecular formula is C18H25N5. The molecule has 2 heterocycles. The lowest BCUT2D eigenvalue weighted by Crippen LogP contribution is -2.46. The first-order valence-corrected chi connectivity index (χ1v) is 8.09. The Morgan fingerprint density at radius 3 is 2.43 bits per heavy atom. The highest BCUT2D eigenvalue weighted by Gasteiger charge is 2.25. The fourth-order valence-corrected chi connectivity index (χ4v) is 3.03. The van der Waals surface area contributed by atoms with Crippen LogP contribution in [0.5, 0.6) is 0 Å². The molecule has 1 aromatic heterocycles. The van der Waals surface area contributed by atoms with Gasteiger partial charge in [-0.15, -0.1) is 0 Å². The van der Waals surface area contributed by atoms with Gasteiger partial charge in [0.15, 0.2) is 0 Å². The fourth-order valence-electron chi connectivity index (χ4n) is 3.03. The van der Waals surface area contributed by atoms with Crippen LogP contribution in [-0.2, 0) is 6.54 Å². The minimum Gasteiger partial charge on any atom is -0.347 e. The molecule has 0 bridgehead atoms. The zero-order valence-electron chi connectivity index (χ0n) is 14.2. The van der Waals surface area contributed by atoms with E-state index in [1.54, 1.807) is 0 Å². The molecule has 0 radical (unpaired) electrons. The van der Waals surface area contributed by atoms with Gasteiger partial charge < -0.3 is 4.90 Å². The number of piperazine rings is 1. The Balaban J connectivity index is 1.67. The average Bonchev–Trinajstić information content (AvgIpc) is 2.58. The van der Waals surface area contributed by atoms with Gasteiger partial charge in [0.05, 0.1) is 0 Å². The van der Waals surface area contributed by atoms with Crippen LogP contribution in [0.25, 0.3) is 0 Å². The summed E-state index contributed by atoms with van der Waals surface area (Å²) in [7, 11) is 6.13. The second-order valence-corrected chi connectivity index (χ2v) is 6.43. The van der Waals surface area contributed by atoms with Crippen molar-refractivity contribution in [1.29, 1.82) is 0 Å². The van der Waals surface area contributed by atoms with Crippen LogP contribution < -0.4 is 4.90 Å². The van der Waals surface area contributed by atoms with Crippen molar-refractivity contribution in [3.8, 4) is 0 Å². The maximum absolute atomic E-state index is 4.41. The standard InChI is InChI=1S/C18H25N5/c1-21(2)18-19-11-15(12-20-18)13-23-10-9-22(3)17(14-23)16-7-5-4-6-8-16/h4-8,11-12,17H,9-10,13-14H2,1-3H3/t17-/m0/s1. The first kappa shape index (κ1) is 15.9. The molecule has 3 rings (SSSR count). The van der Waals surface area contributed by atoms with E-state index in [1.165, 1.54) is 11.1 Å². The number of rotatable bonds is 4. The summed E-state index contributed by atoms with van der Waals surface area (Å²) >= 11 is 0. The van der Waals surface area contributed by atoms with Crippen molar-refractivity contribution in [2.24, 2.45) is 0 Å². The van der Waals surface area contributed by atoms with Gasteiger partial charge in [0, 0.05) is 64.3 Å². The van der Waals surface area contributed by atoms with E-state index in [0.717, 1.165) is 32.1 Å². The predicted octanol–water partition coefficient (Wildman–Crippen LogP) is 2.03. The topological polar surface area (TPSA) is 35.5 Å². The van der Waals surface area contributed by atoms with E-state index in [1.807, 2.05) is 31.4 Å². The Bertz CT molecular complexity index is 611. The highest BCUT2D eigenvalue weighted by Crippen LogP contribution is 2.24. The molecule has 0 spiro atoms. The van der Waals surface area contributed by atoms with Gasteiger partial charge in [0.2, 0.25) is 5.95 Å². The third kappa shape index (κ3) is 3.86. The lowest BCUT2D eigenvalue weighted by Gasteiger charge is -2.39. The van der Waals surface area contributed by atoms with Crippen molar-refractivity contribution in [2.45, 2.75) is 12.6 Å². The number of hydrogen-bond acceptors (Lipinski definition) is 5. The Hall–Kier alpha value is -1.98. The van der Waals surface area contributed by atoms with E-state index in [0.29, 0.717) is 6.04 Å². The van der Waals surface area contributed by atoms with E-state index < -0.39 is 0 Å². The van der Waals surface area contributed by atoms with Gasteiger partial charge in [-0.1, -0.05) is 30.3 Å². The highest BCUT2D eigenvalue weighted by molar-refractivity contribution is 5.26. The number of nitrogens with zero attached hydrogens (tertiary/aromatic N) is 5. The van der Waals surface area contributed by atoms with Crippen LogP contribution in [0.3, 0.4) is 0 Å². The molecule has 2 aromatic rings. The van der Waals surface area contributed by atoms with Gasteiger partial charge in [-0.25, -0.2) is 9.97 Å². The molecule has 0 aliphatic carbocycles. The number of aromatic nitrogens is 2. The fraction of sp³-hybridized carbons (Fsp3) is 0.444. The smallest absolute Gasteiger partial charge is 0.224 e. The summed E-state index contributed by atoms with van der Waals surface area (Å²) in [4.78, 5) is 15.7. The Morgan fingerprint density at radius 1 is 1.09 bits per heavy atom. The quantitative estimate of drug-likeness (QED) is 0.863. The van der Waals surface area contributed by atoms with Crippen molar-refractivity contribution in [3.63, 3.8) is 0 Å². The van der Waals surface area contributed by atoms with Gasteiger partial charge in [-0.3, -0.25) is 9.80 Å². The normalized spacial score (nSPS) is 19.7. The molecule has 1 aliphatic heterocycles. The third-order valence-electron chi connectivity index (χ3n) is 4.41. The van der Waals surface area contributed by atoms with Crippen molar-refractivity contribution in [1.82, 2.24) is 19.8 Å². The first-order chi connectivity index (χ1) is 11.1. The van der Waals surface area contributed by atoms with Gasteiger partial charge in [0.25, 0.3) is 0 Å². The van der Waals surface area contributed by atoms with E-state index in [-0.39, 0.29) is 0 Å². The zero-order chi connectivity index (χ0) is 16.2. The van der Waals surface area contributed by atoms with Gasteiger partial charge in [0.1, 0.15) is 0 Å². The molecular weight excluding hydrogens is 286 g/mol. The van der Waals surface area contributed by atoms with Crippen LogP contribution in [0.2, 0.25) is 0 Å².